The van der Waals surface area contributed by atoms with Crippen LogP contribution in [-0.2, 0) is 6.42 Å². The van der Waals surface area contributed by atoms with E-state index >= 15 is 0 Å². The van der Waals surface area contributed by atoms with E-state index < -0.39 is 5.97 Å². The minimum absolute atomic E-state index is 0.0220. The molecule has 0 spiro atoms. The molecule has 1 N–H and O–H groups in total. The summed E-state index contributed by atoms with van der Waals surface area (Å²) in [7, 11) is 0. The molecule has 0 bridgehead atoms. The molecule has 72 valence electrons. The van der Waals surface area contributed by atoms with Crippen LogP contribution in [0.4, 0.5) is 0 Å². The van der Waals surface area contributed by atoms with Gasteiger partial charge in [-0.25, -0.2) is 4.79 Å². The summed E-state index contributed by atoms with van der Waals surface area (Å²) >= 11 is 0. The number of carboxylic acid groups (broad SMARTS) is 1. The lowest BCUT2D eigenvalue weighted by atomic mass is 10.0. The van der Waals surface area contributed by atoms with Crippen LogP contribution in [0.5, 0.6) is 0 Å². The predicted octanol–water partition coefficient (Wildman–Crippen LogP) is 1.88. The molecule has 0 aliphatic rings. The van der Waals surface area contributed by atoms with Crippen molar-refractivity contribution in [3.05, 3.63) is 17.0 Å². The Hall–Kier alpha value is -1.32. The highest BCUT2D eigenvalue weighted by molar-refractivity contribution is 5.86. The Labute approximate surface area is 76.5 Å². The van der Waals surface area contributed by atoms with E-state index in [2.05, 4.69) is 5.16 Å². The fourth-order valence-electron chi connectivity index (χ4n) is 1.21. The Balaban J connectivity index is 3.01. The number of aryl methyl sites for hydroxylation is 1. The molecule has 4 heteroatoms. The zero-order chi connectivity index (χ0) is 10.0. The lowest BCUT2D eigenvalue weighted by molar-refractivity contribution is 0.0650. The monoisotopic (exact) mass is 183 g/mol. The van der Waals surface area contributed by atoms with Gasteiger partial charge in [-0.3, -0.25) is 0 Å². The smallest absolute Gasteiger partial charge is 0.375 e. The van der Waals surface area contributed by atoms with Crippen LogP contribution >= 0.6 is 0 Å². The van der Waals surface area contributed by atoms with E-state index in [4.69, 9.17) is 9.63 Å². The van der Waals surface area contributed by atoms with E-state index in [1.165, 1.54) is 0 Å². The van der Waals surface area contributed by atoms with E-state index in [-0.39, 0.29) is 5.76 Å². The highest BCUT2D eigenvalue weighted by atomic mass is 16.5. The normalized spacial score (nSPS) is 10.8. The molecule has 1 heterocycles. The molecular weight excluding hydrogens is 170 g/mol. The van der Waals surface area contributed by atoms with Crippen LogP contribution in [0.3, 0.4) is 0 Å². The van der Waals surface area contributed by atoms with Gasteiger partial charge in [-0.05, 0) is 19.3 Å². The summed E-state index contributed by atoms with van der Waals surface area (Å²) in [5, 5.41) is 12.4. The first-order valence-electron chi connectivity index (χ1n) is 4.20. The molecule has 0 amide bonds. The molecule has 0 radical (unpaired) electrons. The van der Waals surface area contributed by atoms with Gasteiger partial charge in [0, 0.05) is 5.56 Å². The third kappa shape index (κ3) is 2.08. The van der Waals surface area contributed by atoms with Crippen molar-refractivity contribution in [2.75, 3.05) is 0 Å². The fourth-order valence-corrected chi connectivity index (χ4v) is 1.21. The Kier molecular flexibility index (Phi) is 2.70. The van der Waals surface area contributed by atoms with Gasteiger partial charge in [0.25, 0.3) is 0 Å². The molecule has 1 aromatic rings. The highest BCUT2D eigenvalue weighted by Gasteiger charge is 2.19. The molecule has 0 aliphatic heterocycles. The molecule has 13 heavy (non-hydrogen) atoms. The first-order chi connectivity index (χ1) is 6.02. The van der Waals surface area contributed by atoms with Gasteiger partial charge in [-0.1, -0.05) is 19.0 Å². The Morgan fingerprint density at radius 1 is 1.62 bits per heavy atom. The molecule has 0 aliphatic carbocycles. The van der Waals surface area contributed by atoms with Gasteiger partial charge in [0.15, 0.2) is 0 Å². The lowest BCUT2D eigenvalue weighted by Gasteiger charge is -2.02. The zero-order valence-corrected chi connectivity index (χ0v) is 8.00. The van der Waals surface area contributed by atoms with Crippen LogP contribution in [0.15, 0.2) is 4.52 Å². The van der Waals surface area contributed by atoms with Crippen LogP contribution in [0.1, 0.15) is 35.7 Å². The number of aromatic nitrogens is 1. The molecule has 1 aromatic heterocycles. The Morgan fingerprint density at radius 3 is 2.69 bits per heavy atom. The second-order valence-electron chi connectivity index (χ2n) is 3.48. The van der Waals surface area contributed by atoms with Gasteiger partial charge in [0.05, 0.1) is 5.69 Å². The number of hydrogen-bond donors (Lipinski definition) is 1. The largest absolute Gasteiger partial charge is 0.475 e. The van der Waals surface area contributed by atoms with Gasteiger partial charge >= 0.3 is 5.97 Å². The van der Waals surface area contributed by atoms with Crippen molar-refractivity contribution >= 4 is 5.97 Å². The molecule has 1 rings (SSSR count). The first-order valence-corrected chi connectivity index (χ1v) is 4.20. The summed E-state index contributed by atoms with van der Waals surface area (Å²) < 4.78 is 4.71. The number of nitrogens with zero attached hydrogens (tertiary/aromatic N) is 1. The number of carboxylic acids is 1. The maximum Gasteiger partial charge on any atom is 0.375 e. The van der Waals surface area contributed by atoms with Crippen LogP contribution in [0.25, 0.3) is 0 Å². The van der Waals surface area contributed by atoms with E-state index in [0.29, 0.717) is 23.6 Å². The standard InChI is InChI=1S/C9H13NO3/c1-5(2)4-7-6(3)10-13-8(7)9(11)12/h5H,4H2,1-3H3,(H,11,12). The molecule has 0 fully saturated rings. The number of carbonyl (C=O) groups is 1. The van der Waals surface area contributed by atoms with Crippen LogP contribution in [0, 0.1) is 12.8 Å². The zero-order valence-electron chi connectivity index (χ0n) is 8.00. The van der Waals surface area contributed by atoms with Gasteiger partial charge in [0.2, 0.25) is 5.76 Å². The van der Waals surface area contributed by atoms with Crippen LogP contribution < -0.4 is 0 Å². The van der Waals surface area contributed by atoms with Gasteiger partial charge in [0.1, 0.15) is 0 Å². The van der Waals surface area contributed by atoms with Gasteiger partial charge < -0.3 is 9.63 Å². The number of hydrogen-bond acceptors (Lipinski definition) is 3. The van der Waals surface area contributed by atoms with Crippen molar-refractivity contribution < 1.29 is 14.4 Å². The number of rotatable bonds is 3. The van der Waals surface area contributed by atoms with Crippen molar-refractivity contribution in [2.45, 2.75) is 27.2 Å². The van der Waals surface area contributed by atoms with Gasteiger partial charge in [-0.15, -0.1) is 0 Å². The molecule has 0 saturated heterocycles. The maximum atomic E-state index is 10.7. The van der Waals surface area contributed by atoms with Gasteiger partial charge in [-0.2, -0.15) is 0 Å². The van der Waals surface area contributed by atoms with E-state index in [0.717, 1.165) is 0 Å². The average Bonchev–Trinajstić information content (AvgIpc) is 2.32. The second kappa shape index (κ2) is 3.60. The van der Waals surface area contributed by atoms with Crippen molar-refractivity contribution in [3.8, 4) is 0 Å². The number of aromatic carboxylic acids is 1. The summed E-state index contributed by atoms with van der Waals surface area (Å²) in [5.41, 5.74) is 1.38. The van der Waals surface area contributed by atoms with E-state index in [9.17, 15) is 4.79 Å². The highest BCUT2D eigenvalue weighted by Crippen LogP contribution is 2.17. The van der Waals surface area contributed by atoms with E-state index in [1.54, 1.807) is 6.92 Å². The fraction of sp³-hybridized carbons (Fsp3) is 0.556. The summed E-state index contributed by atoms with van der Waals surface area (Å²) in [5.74, 6) is -0.668. The SMILES string of the molecule is Cc1noc(C(=O)O)c1CC(C)C. The summed E-state index contributed by atoms with van der Waals surface area (Å²) in [6, 6.07) is 0. The van der Waals surface area contributed by atoms with Crippen LogP contribution in [-0.4, -0.2) is 16.2 Å². The van der Waals surface area contributed by atoms with Crippen LogP contribution in [0.2, 0.25) is 0 Å². The first kappa shape index (κ1) is 9.77. The minimum Gasteiger partial charge on any atom is -0.475 e. The average molecular weight is 183 g/mol. The van der Waals surface area contributed by atoms with Crippen molar-refractivity contribution in [1.29, 1.82) is 0 Å². The summed E-state index contributed by atoms with van der Waals surface area (Å²) in [4.78, 5) is 10.7. The Morgan fingerprint density at radius 2 is 2.23 bits per heavy atom. The second-order valence-corrected chi connectivity index (χ2v) is 3.48. The summed E-state index contributed by atoms with van der Waals surface area (Å²) in [6.45, 7) is 5.81. The molecule has 0 unspecified atom stereocenters. The Bertz CT molecular complexity index is 315. The van der Waals surface area contributed by atoms with Crippen molar-refractivity contribution in [1.82, 2.24) is 5.16 Å². The minimum atomic E-state index is -1.05. The lowest BCUT2D eigenvalue weighted by Crippen LogP contribution is -2.03. The topological polar surface area (TPSA) is 63.3 Å². The third-order valence-electron chi connectivity index (χ3n) is 1.79. The van der Waals surface area contributed by atoms with Crippen molar-refractivity contribution in [2.24, 2.45) is 5.92 Å². The maximum absolute atomic E-state index is 10.7. The molecule has 0 aromatic carbocycles. The third-order valence-corrected chi connectivity index (χ3v) is 1.79. The van der Waals surface area contributed by atoms with E-state index in [1.807, 2.05) is 13.8 Å². The molecular formula is C9H13NO3. The molecule has 0 atom stereocenters. The summed E-state index contributed by atoms with van der Waals surface area (Å²) in [6.07, 6.45) is 0.691. The molecule has 4 nitrogen and oxygen atoms in total. The van der Waals surface area contributed by atoms with Crippen molar-refractivity contribution in [3.63, 3.8) is 0 Å². The predicted molar refractivity (Wildman–Crippen MR) is 46.7 cm³/mol. The molecule has 0 saturated carbocycles. The quantitative estimate of drug-likeness (QED) is 0.777.